The van der Waals surface area contributed by atoms with Gasteiger partial charge in [-0.25, -0.2) is 0 Å². The van der Waals surface area contributed by atoms with Crippen molar-refractivity contribution in [3.8, 4) is 0 Å². The zero-order valence-electron chi connectivity index (χ0n) is 29.3. The minimum absolute atomic E-state index is 0.0344. The molecule has 232 valence electrons. The predicted molar refractivity (Wildman–Crippen MR) is 201 cm³/mol. The van der Waals surface area contributed by atoms with E-state index in [0.717, 1.165) is 0 Å². The molecule has 0 fully saturated rings. The molecule has 5 aromatic rings. The van der Waals surface area contributed by atoms with Gasteiger partial charge in [-0.05, 0) is 105 Å². The second-order valence-electron chi connectivity index (χ2n) is 16.5. The Morgan fingerprint density at radius 2 is 0.826 bits per heavy atom. The molecule has 0 amide bonds. The first-order valence-electron chi connectivity index (χ1n) is 16.8. The van der Waals surface area contributed by atoms with Gasteiger partial charge < -0.3 is 9.80 Å². The lowest BCUT2D eigenvalue weighted by molar-refractivity contribution is 0.590. The van der Waals surface area contributed by atoms with Crippen LogP contribution in [0.15, 0.2) is 103 Å². The van der Waals surface area contributed by atoms with Crippen LogP contribution in [0, 0.1) is 6.92 Å². The van der Waals surface area contributed by atoms with E-state index in [1.54, 1.807) is 0 Å². The van der Waals surface area contributed by atoms with Crippen molar-refractivity contribution in [3.63, 3.8) is 0 Å². The second kappa shape index (κ2) is 10.4. The molecule has 0 atom stereocenters. The topological polar surface area (TPSA) is 6.48 Å². The van der Waals surface area contributed by atoms with Gasteiger partial charge in [0.25, 0.3) is 6.71 Å². The van der Waals surface area contributed by atoms with E-state index in [9.17, 15) is 0 Å². The maximum atomic E-state index is 2.51. The third kappa shape index (κ3) is 4.96. The Hall–Kier alpha value is -4.24. The molecule has 0 radical (unpaired) electrons. The molecule has 5 aromatic carbocycles. The van der Waals surface area contributed by atoms with E-state index in [1.807, 2.05) is 0 Å². The summed E-state index contributed by atoms with van der Waals surface area (Å²) in [6, 6.07) is 39.6. The largest absolute Gasteiger partial charge is 0.311 e. The highest BCUT2D eigenvalue weighted by Gasteiger charge is 2.44. The molecular formula is C43H47BN2. The molecule has 0 N–H and O–H groups in total. The van der Waals surface area contributed by atoms with Gasteiger partial charge in [0.05, 0.1) is 0 Å². The van der Waals surface area contributed by atoms with E-state index in [4.69, 9.17) is 0 Å². The number of hydrogen-bond donors (Lipinski definition) is 0. The monoisotopic (exact) mass is 602 g/mol. The van der Waals surface area contributed by atoms with E-state index in [2.05, 4.69) is 182 Å². The second-order valence-corrected chi connectivity index (χ2v) is 16.5. The molecule has 2 heterocycles. The third-order valence-corrected chi connectivity index (χ3v) is 10.0. The molecule has 7 rings (SSSR count). The fraction of sp³-hybridized carbons (Fsp3) is 0.302. The van der Waals surface area contributed by atoms with Gasteiger partial charge in [0.1, 0.15) is 0 Å². The van der Waals surface area contributed by atoms with Gasteiger partial charge in [-0.3, -0.25) is 0 Å². The minimum atomic E-state index is 0.0344. The third-order valence-electron chi connectivity index (χ3n) is 10.0. The summed E-state index contributed by atoms with van der Waals surface area (Å²) < 4.78 is 0. The molecule has 0 saturated carbocycles. The van der Waals surface area contributed by atoms with Crippen molar-refractivity contribution in [3.05, 3.63) is 125 Å². The van der Waals surface area contributed by atoms with Crippen molar-refractivity contribution in [2.24, 2.45) is 0 Å². The van der Waals surface area contributed by atoms with Crippen molar-refractivity contribution in [1.29, 1.82) is 0 Å². The van der Waals surface area contributed by atoms with Crippen LogP contribution in [0.4, 0.5) is 34.1 Å². The van der Waals surface area contributed by atoms with Gasteiger partial charge in [0.15, 0.2) is 0 Å². The lowest BCUT2D eigenvalue weighted by Gasteiger charge is -2.45. The summed E-state index contributed by atoms with van der Waals surface area (Å²) in [5, 5.41) is 0. The van der Waals surface area contributed by atoms with Crippen LogP contribution in [0.2, 0.25) is 0 Å². The van der Waals surface area contributed by atoms with Gasteiger partial charge in [0.2, 0.25) is 0 Å². The molecule has 0 spiro atoms. The summed E-state index contributed by atoms with van der Waals surface area (Å²) >= 11 is 0. The summed E-state index contributed by atoms with van der Waals surface area (Å²) in [5.41, 5.74) is 17.1. The summed E-state index contributed by atoms with van der Waals surface area (Å²) in [6.07, 6.45) is 0. The number of anilines is 6. The van der Waals surface area contributed by atoms with Crippen LogP contribution in [0.3, 0.4) is 0 Å². The van der Waals surface area contributed by atoms with Crippen LogP contribution in [0.25, 0.3) is 0 Å². The standard InChI is InChI=1S/C43H47BN2/c1-28-14-20-32(21-15-28)45-36-24-18-30(42(5,6)7)26-34(36)44-35-27-31(43(8,9)10)19-25-37(35)46(39-13-11-12-38(45)40(39)44)33-22-16-29(17-23-33)41(2,3)4/h11-27H,1-10H3. The number of rotatable bonds is 2. The minimum Gasteiger partial charge on any atom is -0.311 e. The number of nitrogens with zero attached hydrogens (tertiary/aromatic N) is 2. The Morgan fingerprint density at radius 1 is 0.435 bits per heavy atom. The zero-order chi connectivity index (χ0) is 32.8. The maximum absolute atomic E-state index is 2.51. The Balaban J connectivity index is 1.56. The molecule has 46 heavy (non-hydrogen) atoms. The fourth-order valence-electron chi connectivity index (χ4n) is 7.24. The fourth-order valence-corrected chi connectivity index (χ4v) is 7.24. The molecule has 3 heteroatoms. The first kappa shape index (κ1) is 30.4. The molecule has 0 bridgehead atoms. The van der Waals surface area contributed by atoms with Crippen molar-refractivity contribution in [1.82, 2.24) is 0 Å². The van der Waals surface area contributed by atoms with Gasteiger partial charge in [0, 0.05) is 34.1 Å². The highest BCUT2D eigenvalue weighted by molar-refractivity contribution is 7.00. The lowest BCUT2D eigenvalue weighted by atomic mass is 9.33. The molecule has 0 saturated heterocycles. The van der Waals surface area contributed by atoms with Crippen LogP contribution in [0.5, 0.6) is 0 Å². The first-order chi connectivity index (χ1) is 21.6. The van der Waals surface area contributed by atoms with E-state index in [1.165, 1.54) is 72.8 Å². The predicted octanol–water partition coefficient (Wildman–Crippen LogP) is 9.97. The summed E-state index contributed by atoms with van der Waals surface area (Å²) in [5.74, 6) is 0. The van der Waals surface area contributed by atoms with Crippen molar-refractivity contribution in [2.75, 3.05) is 9.80 Å². The van der Waals surface area contributed by atoms with Crippen LogP contribution in [-0.2, 0) is 16.2 Å². The Kier molecular flexibility index (Phi) is 6.87. The van der Waals surface area contributed by atoms with Crippen molar-refractivity contribution in [2.45, 2.75) is 85.5 Å². The number of fused-ring (bicyclic) bond motifs is 4. The smallest absolute Gasteiger partial charge is 0.252 e. The normalized spacial score (nSPS) is 14.2. The van der Waals surface area contributed by atoms with Crippen molar-refractivity contribution >= 4 is 57.2 Å². The highest BCUT2D eigenvalue weighted by atomic mass is 15.2. The van der Waals surface area contributed by atoms with Crippen molar-refractivity contribution < 1.29 is 0 Å². The van der Waals surface area contributed by atoms with E-state index < -0.39 is 0 Å². The summed E-state index contributed by atoms with van der Waals surface area (Å²) in [4.78, 5) is 5.01. The molecule has 2 aliphatic heterocycles. The van der Waals surface area contributed by atoms with E-state index >= 15 is 0 Å². The maximum Gasteiger partial charge on any atom is 0.252 e. The average Bonchev–Trinajstić information content (AvgIpc) is 3.00. The van der Waals surface area contributed by atoms with E-state index in [0.29, 0.717) is 0 Å². The van der Waals surface area contributed by atoms with Gasteiger partial charge in [-0.15, -0.1) is 0 Å². The molecule has 0 aliphatic carbocycles. The molecule has 2 nitrogen and oxygen atoms in total. The van der Waals surface area contributed by atoms with E-state index in [-0.39, 0.29) is 23.0 Å². The van der Waals surface area contributed by atoms with Crippen LogP contribution >= 0.6 is 0 Å². The van der Waals surface area contributed by atoms with Crippen LogP contribution < -0.4 is 26.2 Å². The highest BCUT2D eigenvalue weighted by Crippen LogP contribution is 2.45. The molecule has 0 aromatic heterocycles. The summed E-state index contributed by atoms with van der Waals surface area (Å²) in [7, 11) is 0. The van der Waals surface area contributed by atoms with Gasteiger partial charge >= 0.3 is 0 Å². The lowest BCUT2D eigenvalue weighted by Crippen LogP contribution is -2.61. The first-order valence-corrected chi connectivity index (χ1v) is 16.8. The zero-order valence-corrected chi connectivity index (χ0v) is 29.3. The van der Waals surface area contributed by atoms with Gasteiger partial charge in [-0.1, -0.05) is 122 Å². The van der Waals surface area contributed by atoms with Crippen LogP contribution in [-0.4, -0.2) is 6.71 Å². The Morgan fingerprint density at radius 3 is 1.24 bits per heavy atom. The Labute approximate surface area is 277 Å². The number of aryl methyl sites for hydroxylation is 1. The summed E-state index contributed by atoms with van der Waals surface area (Å²) in [6.45, 7) is 23.1. The van der Waals surface area contributed by atoms with Gasteiger partial charge in [-0.2, -0.15) is 0 Å². The average molecular weight is 603 g/mol. The molecule has 2 aliphatic rings. The number of benzene rings is 5. The Bertz CT molecular complexity index is 1950. The molecular weight excluding hydrogens is 555 g/mol. The SMILES string of the molecule is Cc1ccc(N2c3ccc(C(C)(C)C)cc3B3c4cc(C(C)(C)C)ccc4N(c4ccc(C(C)(C)C)cc4)c4cccc2c43)cc1. The van der Waals surface area contributed by atoms with Crippen LogP contribution in [0.1, 0.15) is 84.6 Å². The number of hydrogen-bond acceptors (Lipinski definition) is 2. The molecule has 0 unspecified atom stereocenters. The quantitative estimate of drug-likeness (QED) is 0.182.